The molecule has 0 bridgehead atoms. The molecule has 1 aromatic heterocycles. The molecule has 3 aromatic rings. The van der Waals surface area contributed by atoms with E-state index in [4.69, 9.17) is 0 Å². The maximum absolute atomic E-state index is 12.5. The van der Waals surface area contributed by atoms with Crippen molar-refractivity contribution in [1.82, 2.24) is 15.6 Å². The second kappa shape index (κ2) is 10.3. The lowest BCUT2D eigenvalue weighted by Gasteiger charge is -2.14. The Morgan fingerprint density at radius 1 is 0.767 bits per heavy atom. The highest BCUT2D eigenvalue weighted by molar-refractivity contribution is 5.98. The van der Waals surface area contributed by atoms with Crippen molar-refractivity contribution in [3.63, 3.8) is 0 Å². The number of carbonyl (C=O) groups excluding carboxylic acids is 2. The van der Waals surface area contributed by atoms with Crippen molar-refractivity contribution in [2.24, 2.45) is 0 Å². The predicted molar refractivity (Wildman–Crippen MR) is 119 cm³/mol. The van der Waals surface area contributed by atoms with Crippen LogP contribution in [0.5, 0.6) is 0 Å². The predicted octanol–water partition coefficient (Wildman–Crippen LogP) is 4.15. The zero-order chi connectivity index (χ0) is 21.3. The van der Waals surface area contributed by atoms with E-state index in [0.717, 1.165) is 5.56 Å². The summed E-state index contributed by atoms with van der Waals surface area (Å²) in [5.74, 6) is -0.127. The van der Waals surface area contributed by atoms with Gasteiger partial charge in [0.2, 0.25) is 0 Å². The Labute approximate surface area is 177 Å². The number of benzene rings is 2. The van der Waals surface area contributed by atoms with Gasteiger partial charge in [-0.05, 0) is 35.1 Å². The molecule has 0 aliphatic heterocycles. The minimum Gasteiger partial charge on any atom is -0.351 e. The number of hydrogen-bond acceptors (Lipinski definition) is 3. The third-order valence-corrected chi connectivity index (χ3v) is 5.13. The number of aromatic nitrogens is 1. The van der Waals surface area contributed by atoms with Crippen LogP contribution >= 0.6 is 0 Å². The van der Waals surface area contributed by atoms with Gasteiger partial charge in [0, 0.05) is 24.8 Å². The van der Waals surface area contributed by atoms with Gasteiger partial charge in [-0.3, -0.25) is 14.6 Å². The minimum absolute atomic E-state index is 0.182. The molecule has 1 heterocycles. The second-order valence-electron chi connectivity index (χ2n) is 7.47. The molecule has 0 spiro atoms. The second-order valence-corrected chi connectivity index (χ2v) is 7.47. The van der Waals surface area contributed by atoms with Crippen molar-refractivity contribution in [1.29, 1.82) is 0 Å². The standard InChI is InChI=1S/C25H27N3O2/c1-18(20-9-5-3-6-10-20)16-27-24(29)22-13-14-26-23(15-22)25(30)28-17-19(2)21-11-7-4-8-12-21/h3-15,18-19H,16-17H2,1-2H3,(H,27,29)(H,28,30). The first-order valence-corrected chi connectivity index (χ1v) is 10.2. The van der Waals surface area contributed by atoms with Crippen LogP contribution in [0.2, 0.25) is 0 Å². The highest BCUT2D eigenvalue weighted by atomic mass is 16.2. The molecule has 5 nitrogen and oxygen atoms in total. The number of pyridine rings is 1. The smallest absolute Gasteiger partial charge is 0.269 e. The molecule has 0 saturated carbocycles. The molecule has 0 saturated heterocycles. The largest absolute Gasteiger partial charge is 0.351 e. The van der Waals surface area contributed by atoms with Gasteiger partial charge in [0.05, 0.1) is 0 Å². The normalized spacial score (nSPS) is 12.6. The Balaban J connectivity index is 1.55. The van der Waals surface area contributed by atoms with Gasteiger partial charge < -0.3 is 10.6 Å². The molecule has 2 N–H and O–H groups in total. The first-order chi connectivity index (χ1) is 14.5. The third kappa shape index (κ3) is 5.77. The average Bonchev–Trinajstić information content (AvgIpc) is 2.81. The molecule has 0 aliphatic carbocycles. The van der Waals surface area contributed by atoms with Crippen LogP contribution in [0.1, 0.15) is 57.7 Å². The number of nitrogens with zero attached hydrogens (tertiary/aromatic N) is 1. The molecule has 0 fully saturated rings. The summed E-state index contributed by atoms with van der Waals surface area (Å²) in [5, 5.41) is 5.84. The van der Waals surface area contributed by atoms with E-state index < -0.39 is 0 Å². The van der Waals surface area contributed by atoms with Crippen molar-refractivity contribution in [2.45, 2.75) is 25.7 Å². The summed E-state index contributed by atoms with van der Waals surface area (Å²) in [4.78, 5) is 29.2. The number of nitrogens with one attached hydrogen (secondary N) is 2. The van der Waals surface area contributed by atoms with E-state index in [-0.39, 0.29) is 29.3 Å². The summed E-state index contributed by atoms with van der Waals surface area (Å²) in [5.41, 5.74) is 2.98. The lowest BCUT2D eigenvalue weighted by molar-refractivity contribution is 0.0946. The maximum atomic E-state index is 12.5. The van der Waals surface area contributed by atoms with E-state index in [1.807, 2.05) is 60.7 Å². The molecule has 2 amide bonds. The highest BCUT2D eigenvalue weighted by Crippen LogP contribution is 2.14. The first kappa shape index (κ1) is 21.2. The van der Waals surface area contributed by atoms with Gasteiger partial charge in [-0.2, -0.15) is 0 Å². The quantitative estimate of drug-likeness (QED) is 0.596. The Morgan fingerprint density at radius 2 is 1.27 bits per heavy atom. The van der Waals surface area contributed by atoms with Gasteiger partial charge in [0.1, 0.15) is 5.69 Å². The van der Waals surface area contributed by atoms with Crippen molar-refractivity contribution in [2.75, 3.05) is 13.1 Å². The van der Waals surface area contributed by atoms with Crippen molar-refractivity contribution < 1.29 is 9.59 Å². The van der Waals surface area contributed by atoms with Crippen LogP contribution in [0, 0.1) is 0 Å². The number of carbonyl (C=O) groups is 2. The molecule has 2 atom stereocenters. The average molecular weight is 402 g/mol. The summed E-state index contributed by atoms with van der Waals surface area (Å²) in [6, 6.07) is 23.2. The summed E-state index contributed by atoms with van der Waals surface area (Å²) in [7, 11) is 0. The van der Waals surface area contributed by atoms with Crippen LogP contribution < -0.4 is 10.6 Å². The Kier molecular flexibility index (Phi) is 7.33. The fraction of sp³-hybridized carbons (Fsp3) is 0.240. The van der Waals surface area contributed by atoms with Gasteiger partial charge >= 0.3 is 0 Å². The molecular weight excluding hydrogens is 374 g/mol. The van der Waals surface area contributed by atoms with Crippen LogP contribution in [-0.2, 0) is 0 Å². The van der Waals surface area contributed by atoms with Gasteiger partial charge in [0.25, 0.3) is 11.8 Å². The van der Waals surface area contributed by atoms with Gasteiger partial charge in [-0.15, -0.1) is 0 Å². The summed E-state index contributed by atoms with van der Waals surface area (Å²) < 4.78 is 0. The monoisotopic (exact) mass is 401 g/mol. The van der Waals surface area contributed by atoms with E-state index >= 15 is 0 Å². The van der Waals surface area contributed by atoms with Gasteiger partial charge in [-0.1, -0.05) is 74.5 Å². The number of amides is 2. The molecule has 0 radical (unpaired) electrons. The van der Waals surface area contributed by atoms with Crippen LogP contribution in [-0.4, -0.2) is 29.9 Å². The van der Waals surface area contributed by atoms with Crippen LogP contribution in [0.15, 0.2) is 79.0 Å². The fourth-order valence-corrected chi connectivity index (χ4v) is 3.18. The van der Waals surface area contributed by atoms with E-state index in [9.17, 15) is 9.59 Å². The Bertz CT molecular complexity index is 897. The summed E-state index contributed by atoms with van der Waals surface area (Å²) >= 11 is 0. The summed E-state index contributed by atoms with van der Waals surface area (Å²) in [6.07, 6.45) is 1.49. The highest BCUT2D eigenvalue weighted by Gasteiger charge is 2.14. The molecule has 5 heteroatoms. The van der Waals surface area contributed by atoms with Crippen molar-refractivity contribution in [3.05, 3.63) is 101 Å². The van der Waals surface area contributed by atoms with Crippen molar-refractivity contribution >= 4 is 11.8 Å². The van der Waals surface area contributed by atoms with E-state index in [2.05, 4.69) is 29.5 Å². The van der Waals surface area contributed by atoms with Crippen LogP contribution in [0.3, 0.4) is 0 Å². The molecule has 154 valence electrons. The van der Waals surface area contributed by atoms with Crippen LogP contribution in [0.4, 0.5) is 0 Å². The molecule has 30 heavy (non-hydrogen) atoms. The fourth-order valence-electron chi connectivity index (χ4n) is 3.18. The van der Waals surface area contributed by atoms with Gasteiger partial charge in [0.15, 0.2) is 0 Å². The van der Waals surface area contributed by atoms with E-state index in [0.29, 0.717) is 18.7 Å². The van der Waals surface area contributed by atoms with Gasteiger partial charge in [-0.25, -0.2) is 0 Å². The number of rotatable bonds is 8. The molecule has 3 rings (SSSR count). The van der Waals surface area contributed by atoms with E-state index in [1.54, 1.807) is 6.07 Å². The maximum Gasteiger partial charge on any atom is 0.269 e. The molecule has 2 aromatic carbocycles. The number of hydrogen-bond donors (Lipinski definition) is 2. The lowest BCUT2D eigenvalue weighted by Crippen LogP contribution is -2.30. The van der Waals surface area contributed by atoms with Crippen LogP contribution in [0.25, 0.3) is 0 Å². The molecule has 2 unspecified atom stereocenters. The Morgan fingerprint density at radius 3 is 1.80 bits per heavy atom. The topological polar surface area (TPSA) is 71.1 Å². The third-order valence-electron chi connectivity index (χ3n) is 5.13. The first-order valence-electron chi connectivity index (χ1n) is 10.2. The lowest BCUT2D eigenvalue weighted by atomic mass is 10.0. The zero-order valence-corrected chi connectivity index (χ0v) is 17.3. The Hall–Kier alpha value is -3.47. The minimum atomic E-state index is -0.287. The SMILES string of the molecule is CC(CNC(=O)c1ccnc(C(=O)NCC(C)c2ccccc2)c1)c1ccccc1. The van der Waals surface area contributed by atoms with E-state index in [1.165, 1.54) is 17.8 Å². The molecule has 0 aliphatic rings. The van der Waals surface area contributed by atoms with Crippen molar-refractivity contribution in [3.8, 4) is 0 Å². The summed E-state index contributed by atoms with van der Waals surface area (Å²) in [6.45, 7) is 5.13. The molecular formula is C25H27N3O2. The zero-order valence-electron chi connectivity index (χ0n) is 17.3.